The van der Waals surface area contributed by atoms with Crippen molar-refractivity contribution in [2.75, 3.05) is 0 Å². The summed E-state index contributed by atoms with van der Waals surface area (Å²) >= 11 is 0. The summed E-state index contributed by atoms with van der Waals surface area (Å²) in [6.45, 7) is 5.79. The molecule has 2 nitrogen and oxygen atoms in total. The Morgan fingerprint density at radius 3 is 2.17 bits per heavy atom. The lowest BCUT2D eigenvalue weighted by Gasteiger charge is -2.16. The second-order valence-corrected chi connectivity index (χ2v) is 4.54. The lowest BCUT2D eigenvalue weighted by Crippen LogP contribution is -1.97. The summed E-state index contributed by atoms with van der Waals surface area (Å²) in [6, 6.07) is 13.6. The van der Waals surface area contributed by atoms with E-state index in [1.807, 2.05) is 56.3 Å². The molecule has 2 rings (SSSR count). The van der Waals surface area contributed by atoms with Crippen molar-refractivity contribution in [3.05, 3.63) is 59.2 Å². The molecule has 0 amide bonds. The van der Waals surface area contributed by atoms with Crippen LogP contribution >= 0.6 is 0 Å². The molecule has 2 aromatic rings. The van der Waals surface area contributed by atoms with Crippen molar-refractivity contribution in [1.29, 1.82) is 0 Å². The molecule has 2 heteroatoms. The summed E-state index contributed by atoms with van der Waals surface area (Å²) in [5.41, 5.74) is 2.99. The van der Waals surface area contributed by atoms with E-state index in [1.54, 1.807) is 6.92 Å². The highest BCUT2D eigenvalue weighted by Crippen LogP contribution is 2.32. The molecule has 0 saturated carbocycles. The van der Waals surface area contributed by atoms with Gasteiger partial charge in [0.2, 0.25) is 0 Å². The Morgan fingerprint density at radius 1 is 0.944 bits per heavy atom. The molecule has 0 spiro atoms. The molecule has 0 aliphatic carbocycles. The van der Waals surface area contributed by atoms with Gasteiger partial charge < -0.3 is 9.84 Å². The van der Waals surface area contributed by atoms with Crippen LogP contribution in [0, 0.1) is 13.8 Å². The number of aliphatic hydroxyl groups is 1. The molecule has 1 atom stereocenters. The van der Waals surface area contributed by atoms with Crippen LogP contribution in [0.15, 0.2) is 42.5 Å². The maximum Gasteiger partial charge on any atom is 0.133 e. The Bertz CT molecular complexity index is 524. The highest BCUT2D eigenvalue weighted by atomic mass is 16.5. The normalized spacial score (nSPS) is 12.2. The SMILES string of the molecule is Cc1cccc(C)c1Oc1ccccc1C(C)O. The van der Waals surface area contributed by atoms with Crippen LogP contribution in [-0.2, 0) is 0 Å². The van der Waals surface area contributed by atoms with Gasteiger partial charge >= 0.3 is 0 Å². The maximum atomic E-state index is 9.74. The van der Waals surface area contributed by atoms with Crippen molar-refractivity contribution >= 4 is 0 Å². The van der Waals surface area contributed by atoms with Gasteiger partial charge in [0.15, 0.2) is 0 Å². The number of hydrogen-bond donors (Lipinski definition) is 1. The number of ether oxygens (including phenoxy) is 1. The van der Waals surface area contributed by atoms with Crippen LogP contribution in [-0.4, -0.2) is 5.11 Å². The minimum atomic E-state index is -0.537. The van der Waals surface area contributed by atoms with Crippen molar-refractivity contribution in [2.24, 2.45) is 0 Å². The molecular formula is C16H18O2. The Morgan fingerprint density at radius 2 is 1.56 bits per heavy atom. The number of aliphatic hydroxyl groups excluding tert-OH is 1. The van der Waals surface area contributed by atoms with Crippen LogP contribution in [0.4, 0.5) is 0 Å². The van der Waals surface area contributed by atoms with E-state index >= 15 is 0 Å². The van der Waals surface area contributed by atoms with Gasteiger partial charge in [0.25, 0.3) is 0 Å². The second-order valence-electron chi connectivity index (χ2n) is 4.54. The third kappa shape index (κ3) is 2.54. The van der Waals surface area contributed by atoms with E-state index in [1.165, 1.54) is 0 Å². The molecule has 0 aliphatic heterocycles. The summed E-state index contributed by atoms with van der Waals surface area (Å²) in [5.74, 6) is 1.58. The number of para-hydroxylation sites is 2. The molecule has 0 aliphatic rings. The average Bonchev–Trinajstić information content (AvgIpc) is 2.34. The standard InChI is InChI=1S/C16H18O2/c1-11-7-6-8-12(2)16(11)18-15-10-5-4-9-14(15)13(3)17/h4-10,13,17H,1-3H3. The lowest BCUT2D eigenvalue weighted by atomic mass is 10.1. The molecule has 94 valence electrons. The number of rotatable bonds is 3. The quantitative estimate of drug-likeness (QED) is 0.876. The zero-order chi connectivity index (χ0) is 13.1. The zero-order valence-corrected chi connectivity index (χ0v) is 11.0. The average molecular weight is 242 g/mol. The van der Waals surface area contributed by atoms with E-state index in [4.69, 9.17) is 4.74 Å². The minimum absolute atomic E-state index is 0.537. The maximum absolute atomic E-state index is 9.74. The van der Waals surface area contributed by atoms with Crippen molar-refractivity contribution < 1.29 is 9.84 Å². The third-order valence-electron chi connectivity index (χ3n) is 2.99. The van der Waals surface area contributed by atoms with Crippen LogP contribution in [0.2, 0.25) is 0 Å². The third-order valence-corrected chi connectivity index (χ3v) is 2.99. The van der Waals surface area contributed by atoms with E-state index in [2.05, 4.69) is 0 Å². The van der Waals surface area contributed by atoms with Gasteiger partial charge in [-0.2, -0.15) is 0 Å². The zero-order valence-electron chi connectivity index (χ0n) is 11.0. The van der Waals surface area contributed by atoms with Crippen LogP contribution < -0.4 is 4.74 Å². The van der Waals surface area contributed by atoms with E-state index in [0.29, 0.717) is 5.75 Å². The van der Waals surface area contributed by atoms with Gasteiger partial charge in [-0.3, -0.25) is 0 Å². The van der Waals surface area contributed by atoms with E-state index in [-0.39, 0.29) is 0 Å². The molecule has 2 aromatic carbocycles. The van der Waals surface area contributed by atoms with Gasteiger partial charge in [0.05, 0.1) is 6.10 Å². The van der Waals surface area contributed by atoms with Gasteiger partial charge in [-0.05, 0) is 38.0 Å². The molecule has 1 N–H and O–H groups in total. The highest BCUT2D eigenvalue weighted by molar-refractivity contribution is 5.45. The largest absolute Gasteiger partial charge is 0.456 e. The predicted octanol–water partition coefficient (Wildman–Crippen LogP) is 4.15. The summed E-state index contributed by atoms with van der Waals surface area (Å²) in [6.07, 6.45) is -0.537. The number of benzene rings is 2. The second kappa shape index (κ2) is 5.23. The fourth-order valence-electron chi connectivity index (χ4n) is 1.99. The molecule has 0 heterocycles. The molecule has 0 saturated heterocycles. The first-order valence-electron chi connectivity index (χ1n) is 6.10. The molecular weight excluding hydrogens is 224 g/mol. The van der Waals surface area contributed by atoms with Crippen LogP contribution in [0.25, 0.3) is 0 Å². The van der Waals surface area contributed by atoms with Crippen molar-refractivity contribution in [1.82, 2.24) is 0 Å². The van der Waals surface area contributed by atoms with Crippen LogP contribution in [0.1, 0.15) is 29.7 Å². The first kappa shape index (κ1) is 12.7. The monoisotopic (exact) mass is 242 g/mol. The highest BCUT2D eigenvalue weighted by Gasteiger charge is 2.11. The van der Waals surface area contributed by atoms with Gasteiger partial charge in [0, 0.05) is 5.56 Å². The Labute approximate surface area is 108 Å². The van der Waals surface area contributed by atoms with Gasteiger partial charge in [-0.15, -0.1) is 0 Å². The summed E-state index contributed by atoms with van der Waals surface area (Å²) in [4.78, 5) is 0. The summed E-state index contributed by atoms with van der Waals surface area (Å²) in [5, 5.41) is 9.74. The van der Waals surface area contributed by atoms with Gasteiger partial charge in [0.1, 0.15) is 11.5 Å². The summed E-state index contributed by atoms with van der Waals surface area (Å²) in [7, 11) is 0. The van der Waals surface area contributed by atoms with Crippen LogP contribution in [0.3, 0.4) is 0 Å². The molecule has 18 heavy (non-hydrogen) atoms. The molecule has 1 unspecified atom stereocenters. The predicted molar refractivity (Wildman–Crippen MR) is 73.1 cm³/mol. The molecule has 0 aromatic heterocycles. The lowest BCUT2D eigenvalue weighted by molar-refractivity contribution is 0.195. The number of hydrogen-bond acceptors (Lipinski definition) is 2. The van der Waals surface area contributed by atoms with Crippen molar-refractivity contribution in [3.8, 4) is 11.5 Å². The fourth-order valence-corrected chi connectivity index (χ4v) is 1.99. The Balaban J connectivity index is 2.40. The minimum Gasteiger partial charge on any atom is -0.456 e. The first-order chi connectivity index (χ1) is 8.59. The van der Waals surface area contributed by atoms with Crippen LogP contribution in [0.5, 0.6) is 11.5 Å². The first-order valence-corrected chi connectivity index (χ1v) is 6.10. The Kier molecular flexibility index (Phi) is 3.68. The smallest absolute Gasteiger partial charge is 0.133 e. The van der Waals surface area contributed by atoms with E-state index in [0.717, 1.165) is 22.4 Å². The van der Waals surface area contributed by atoms with E-state index in [9.17, 15) is 5.11 Å². The molecule has 0 bridgehead atoms. The van der Waals surface area contributed by atoms with Gasteiger partial charge in [-0.1, -0.05) is 36.4 Å². The van der Waals surface area contributed by atoms with Crippen molar-refractivity contribution in [3.63, 3.8) is 0 Å². The Hall–Kier alpha value is -1.80. The summed E-state index contributed by atoms with van der Waals surface area (Å²) < 4.78 is 5.97. The number of aryl methyl sites for hydroxylation is 2. The van der Waals surface area contributed by atoms with E-state index < -0.39 is 6.10 Å². The van der Waals surface area contributed by atoms with Crippen molar-refractivity contribution in [2.45, 2.75) is 26.9 Å². The van der Waals surface area contributed by atoms with Gasteiger partial charge in [-0.25, -0.2) is 0 Å². The molecule has 0 fully saturated rings. The fraction of sp³-hybridized carbons (Fsp3) is 0.250. The topological polar surface area (TPSA) is 29.5 Å². The molecule has 0 radical (unpaired) electrons.